The largest absolute Gasteiger partial charge is 0.383 e. The van der Waals surface area contributed by atoms with Gasteiger partial charge in [0.25, 0.3) is 5.91 Å². The van der Waals surface area contributed by atoms with E-state index in [1.165, 1.54) is 0 Å². The molecular weight excluding hydrogens is 362 g/mol. The number of amides is 1. The zero-order valence-corrected chi connectivity index (χ0v) is 15.7. The van der Waals surface area contributed by atoms with Gasteiger partial charge in [-0.05, 0) is 43.2 Å². The standard InChI is InChI=1S/C21H20ClN3O2/c1-15-3-5-16(6-4-15)21(27)9-12-24(14-21)20(26)18-13-17(7-8-19(18)22)25-11-2-10-23-25/h2-8,10-11,13,27H,9,12,14H2,1H3/t21-/m0/s1. The number of rotatable bonds is 3. The number of hydrogen-bond donors (Lipinski definition) is 1. The summed E-state index contributed by atoms with van der Waals surface area (Å²) < 4.78 is 1.68. The average Bonchev–Trinajstić information content (AvgIpc) is 3.33. The summed E-state index contributed by atoms with van der Waals surface area (Å²) in [5.41, 5.74) is 2.11. The van der Waals surface area contributed by atoms with Crippen LogP contribution in [0.2, 0.25) is 5.02 Å². The number of benzene rings is 2. The Hall–Kier alpha value is -2.63. The minimum absolute atomic E-state index is 0.183. The zero-order valence-electron chi connectivity index (χ0n) is 15.0. The quantitative estimate of drug-likeness (QED) is 0.754. The molecule has 3 aromatic rings. The molecule has 5 nitrogen and oxygen atoms in total. The predicted octanol–water partition coefficient (Wildman–Crippen LogP) is 3.57. The van der Waals surface area contributed by atoms with Gasteiger partial charge in [0.1, 0.15) is 5.60 Å². The molecule has 1 N–H and O–H groups in total. The van der Waals surface area contributed by atoms with Gasteiger partial charge in [-0.3, -0.25) is 4.79 Å². The number of aryl methyl sites for hydroxylation is 1. The second-order valence-electron chi connectivity index (χ2n) is 6.99. The minimum Gasteiger partial charge on any atom is -0.383 e. The molecule has 0 aliphatic carbocycles. The van der Waals surface area contributed by atoms with Crippen molar-refractivity contribution in [3.8, 4) is 5.69 Å². The first-order valence-electron chi connectivity index (χ1n) is 8.85. The van der Waals surface area contributed by atoms with E-state index in [2.05, 4.69) is 5.10 Å². The summed E-state index contributed by atoms with van der Waals surface area (Å²) in [6.07, 6.45) is 3.99. The van der Waals surface area contributed by atoms with Crippen LogP contribution >= 0.6 is 11.6 Å². The van der Waals surface area contributed by atoms with Crippen LogP contribution < -0.4 is 0 Å². The Kier molecular flexibility index (Phi) is 4.50. The SMILES string of the molecule is Cc1ccc([C@]2(O)CCN(C(=O)c3cc(-n4cccn4)ccc3Cl)C2)cc1. The van der Waals surface area contributed by atoms with Crippen molar-refractivity contribution in [2.24, 2.45) is 0 Å². The normalized spacial score (nSPS) is 19.4. The second-order valence-corrected chi connectivity index (χ2v) is 7.40. The van der Waals surface area contributed by atoms with Crippen LogP contribution in [0, 0.1) is 6.92 Å². The molecule has 0 saturated carbocycles. The minimum atomic E-state index is -1.03. The molecule has 0 bridgehead atoms. The Labute approximate surface area is 162 Å². The van der Waals surface area contributed by atoms with Gasteiger partial charge >= 0.3 is 0 Å². The molecule has 6 heteroatoms. The van der Waals surface area contributed by atoms with E-state index in [-0.39, 0.29) is 12.5 Å². The van der Waals surface area contributed by atoms with Crippen LogP contribution in [0.1, 0.15) is 27.9 Å². The van der Waals surface area contributed by atoms with E-state index in [0.717, 1.165) is 16.8 Å². The number of halogens is 1. The fourth-order valence-electron chi connectivity index (χ4n) is 3.48. The van der Waals surface area contributed by atoms with Gasteiger partial charge in [-0.1, -0.05) is 41.4 Å². The van der Waals surface area contributed by atoms with Crippen molar-refractivity contribution in [1.82, 2.24) is 14.7 Å². The van der Waals surface area contributed by atoms with E-state index in [1.807, 2.05) is 49.5 Å². The van der Waals surface area contributed by atoms with Crippen molar-refractivity contribution < 1.29 is 9.90 Å². The number of β-amino-alcohol motifs (C(OH)–C–C–N with tert-alkyl or cyclic N) is 1. The lowest BCUT2D eigenvalue weighted by atomic mass is 9.92. The van der Waals surface area contributed by atoms with Crippen molar-refractivity contribution in [3.63, 3.8) is 0 Å². The molecule has 1 aromatic heterocycles. The lowest BCUT2D eigenvalue weighted by Gasteiger charge is -2.24. The summed E-state index contributed by atoms with van der Waals surface area (Å²) in [6, 6.07) is 14.9. The first kappa shape index (κ1) is 17.8. The fourth-order valence-corrected chi connectivity index (χ4v) is 3.68. The van der Waals surface area contributed by atoms with Crippen LogP contribution in [0.5, 0.6) is 0 Å². The molecule has 138 valence electrons. The summed E-state index contributed by atoms with van der Waals surface area (Å²) in [4.78, 5) is 14.7. The average molecular weight is 382 g/mol. The summed E-state index contributed by atoms with van der Waals surface area (Å²) in [5, 5.41) is 15.6. The molecule has 1 amide bonds. The lowest BCUT2D eigenvalue weighted by molar-refractivity contribution is 0.0417. The maximum absolute atomic E-state index is 13.1. The highest BCUT2D eigenvalue weighted by atomic mass is 35.5. The number of nitrogens with zero attached hydrogens (tertiary/aromatic N) is 3. The molecular formula is C21H20ClN3O2. The molecule has 4 rings (SSSR count). The molecule has 0 spiro atoms. The molecule has 1 saturated heterocycles. The van der Waals surface area contributed by atoms with Gasteiger partial charge in [-0.15, -0.1) is 0 Å². The van der Waals surface area contributed by atoms with Gasteiger partial charge in [-0.2, -0.15) is 5.10 Å². The zero-order chi connectivity index (χ0) is 19.0. The highest BCUT2D eigenvalue weighted by molar-refractivity contribution is 6.33. The number of carbonyl (C=O) groups excluding carboxylic acids is 1. The van der Waals surface area contributed by atoms with Gasteiger partial charge in [0.2, 0.25) is 0 Å². The van der Waals surface area contributed by atoms with Crippen LogP contribution in [-0.2, 0) is 5.60 Å². The number of carbonyl (C=O) groups is 1. The number of hydrogen-bond acceptors (Lipinski definition) is 3. The van der Waals surface area contributed by atoms with Crippen LogP contribution in [0.25, 0.3) is 5.69 Å². The van der Waals surface area contributed by atoms with Crippen molar-refractivity contribution in [3.05, 3.63) is 82.6 Å². The number of likely N-dealkylation sites (tertiary alicyclic amines) is 1. The molecule has 1 aliphatic heterocycles. The van der Waals surface area contributed by atoms with Gasteiger partial charge in [-0.25, -0.2) is 4.68 Å². The maximum Gasteiger partial charge on any atom is 0.255 e. The number of aromatic nitrogens is 2. The molecule has 1 fully saturated rings. The first-order chi connectivity index (χ1) is 13.0. The lowest BCUT2D eigenvalue weighted by Crippen LogP contribution is -2.34. The van der Waals surface area contributed by atoms with E-state index in [1.54, 1.807) is 27.9 Å². The molecule has 27 heavy (non-hydrogen) atoms. The predicted molar refractivity (Wildman–Crippen MR) is 104 cm³/mol. The van der Waals surface area contributed by atoms with Crippen LogP contribution in [0.15, 0.2) is 60.9 Å². The Bertz CT molecular complexity index is 970. The fraction of sp³-hybridized carbons (Fsp3) is 0.238. The summed E-state index contributed by atoms with van der Waals surface area (Å²) >= 11 is 6.30. The summed E-state index contributed by atoms with van der Waals surface area (Å²) in [6.45, 7) is 2.73. The summed E-state index contributed by atoms with van der Waals surface area (Å²) in [5.74, 6) is -0.183. The monoisotopic (exact) mass is 381 g/mol. The third kappa shape index (κ3) is 3.36. The van der Waals surface area contributed by atoms with E-state index in [4.69, 9.17) is 11.6 Å². The van der Waals surface area contributed by atoms with Crippen LogP contribution in [0.4, 0.5) is 0 Å². The molecule has 2 aromatic carbocycles. The van der Waals surface area contributed by atoms with Crippen molar-refractivity contribution in [1.29, 1.82) is 0 Å². The topological polar surface area (TPSA) is 58.4 Å². The highest BCUT2D eigenvalue weighted by Crippen LogP contribution is 2.33. The molecule has 1 aliphatic rings. The van der Waals surface area contributed by atoms with Crippen molar-refractivity contribution in [2.75, 3.05) is 13.1 Å². The van der Waals surface area contributed by atoms with Gasteiger partial charge in [0.05, 0.1) is 22.8 Å². The van der Waals surface area contributed by atoms with E-state index < -0.39 is 5.60 Å². The molecule has 0 radical (unpaired) electrons. The molecule has 0 unspecified atom stereocenters. The van der Waals surface area contributed by atoms with Crippen molar-refractivity contribution >= 4 is 17.5 Å². The Morgan fingerprint density at radius 3 is 2.70 bits per heavy atom. The van der Waals surface area contributed by atoms with Gasteiger partial charge in [0.15, 0.2) is 0 Å². The number of aliphatic hydroxyl groups is 1. The second kappa shape index (κ2) is 6.83. The van der Waals surface area contributed by atoms with E-state index >= 15 is 0 Å². The third-order valence-electron chi connectivity index (χ3n) is 5.07. The maximum atomic E-state index is 13.1. The Morgan fingerprint density at radius 1 is 1.22 bits per heavy atom. The smallest absolute Gasteiger partial charge is 0.255 e. The van der Waals surface area contributed by atoms with E-state index in [9.17, 15) is 9.90 Å². The third-order valence-corrected chi connectivity index (χ3v) is 5.40. The van der Waals surface area contributed by atoms with E-state index in [0.29, 0.717) is 23.6 Å². The van der Waals surface area contributed by atoms with Crippen LogP contribution in [-0.4, -0.2) is 38.8 Å². The highest BCUT2D eigenvalue weighted by Gasteiger charge is 2.40. The van der Waals surface area contributed by atoms with Gasteiger partial charge in [0, 0.05) is 18.9 Å². The molecule has 1 atom stereocenters. The van der Waals surface area contributed by atoms with Crippen molar-refractivity contribution in [2.45, 2.75) is 18.9 Å². The Balaban J connectivity index is 1.59. The van der Waals surface area contributed by atoms with Crippen LogP contribution in [0.3, 0.4) is 0 Å². The summed E-state index contributed by atoms with van der Waals surface area (Å²) in [7, 11) is 0. The van der Waals surface area contributed by atoms with Gasteiger partial charge < -0.3 is 10.0 Å². The molecule has 2 heterocycles. The Morgan fingerprint density at radius 2 is 2.00 bits per heavy atom. The first-order valence-corrected chi connectivity index (χ1v) is 9.22.